The van der Waals surface area contributed by atoms with E-state index in [1.807, 2.05) is 0 Å². The maximum atomic E-state index is 12.1. The number of likely N-dealkylation sites (tertiary alicyclic amines) is 1. The van der Waals surface area contributed by atoms with Crippen LogP contribution in [0.15, 0.2) is 29.8 Å². The van der Waals surface area contributed by atoms with Gasteiger partial charge in [0.05, 0.1) is 6.54 Å². The van der Waals surface area contributed by atoms with Crippen LogP contribution in [0.3, 0.4) is 0 Å². The molecule has 0 saturated carbocycles. The molecule has 2 heterocycles. The molecule has 1 aromatic carbocycles. The highest BCUT2D eigenvalue weighted by Crippen LogP contribution is 2.21. The van der Waals surface area contributed by atoms with Crippen molar-refractivity contribution in [2.24, 2.45) is 5.92 Å². The summed E-state index contributed by atoms with van der Waals surface area (Å²) >= 11 is 1.34. The molecule has 0 aliphatic carbocycles. The second-order valence-electron chi connectivity index (χ2n) is 6.23. The van der Waals surface area contributed by atoms with Gasteiger partial charge in [0.25, 0.3) is 0 Å². The standard InChI is InChI=1S/C17H22N4OS/c1-13-4-6-14(7-5-13)9-15-3-2-8-21(10-15)11-16(22)19-17-20-18-12-23-17/h4-7,12,15H,2-3,8-11H2,1H3,(H,19,20,22)/t15-/m1/s1. The molecule has 1 atom stereocenters. The number of nitrogens with zero attached hydrogens (tertiary/aromatic N) is 3. The summed E-state index contributed by atoms with van der Waals surface area (Å²) in [6.07, 6.45) is 3.49. The third kappa shape index (κ3) is 4.84. The van der Waals surface area contributed by atoms with Crippen molar-refractivity contribution >= 4 is 22.4 Å². The van der Waals surface area contributed by atoms with Crippen molar-refractivity contribution in [1.82, 2.24) is 15.1 Å². The van der Waals surface area contributed by atoms with Gasteiger partial charge in [-0.15, -0.1) is 10.2 Å². The van der Waals surface area contributed by atoms with E-state index in [1.165, 1.54) is 28.9 Å². The second-order valence-corrected chi connectivity index (χ2v) is 7.06. The SMILES string of the molecule is Cc1ccc(C[C@H]2CCCN(CC(=O)Nc3nncs3)C2)cc1. The predicted octanol–water partition coefficient (Wildman–Crippen LogP) is 2.74. The van der Waals surface area contributed by atoms with Crippen LogP contribution in [0.25, 0.3) is 0 Å². The molecule has 1 amide bonds. The Morgan fingerprint density at radius 1 is 1.39 bits per heavy atom. The van der Waals surface area contributed by atoms with Gasteiger partial charge in [-0.3, -0.25) is 15.0 Å². The van der Waals surface area contributed by atoms with Crippen LogP contribution in [-0.4, -0.2) is 40.6 Å². The molecule has 1 fully saturated rings. The van der Waals surface area contributed by atoms with Crippen molar-refractivity contribution in [2.75, 3.05) is 25.0 Å². The predicted molar refractivity (Wildman–Crippen MR) is 92.6 cm³/mol. The van der Waals surface area contributed by atoms with Crippen LogP contribution in [-0.2, 0) is 11.2 Å². The minimum absolute atomic E-state index is 0.00210. The molecule has 2 aromatic rings. The van der Waals surface area contributed by atoms with Gasteiger partial charge in [-0.25, -0.2) is 0 Å². The Kier molecular flexibility index (Phi) is 5.35. The first-order valence-electron chi connectivity index (χ1n) is 8.03. The number of aromatic nitrogens is 2. The van der Waals surface area contributed by atoms with E-state index in [0.717, 1.165) is 25.9 Å². The number of hydrogen-bond donors (Lipinski definition) is 1. The van der Waals surface area contributed by atoms with Crippen molar-refractivity contribution in [3.8, 4) is 0 Å². The highest BCUT2D eigenvalue weighted by molar-refractivity contribution is 7.13. The molecule has 6 heteroatoms. The monoisotopic (exact) mass is 330 g/mol. The van der Waals surface area contributed by atoms with Gasteiger partial charge < -0.3 is 0 Å². The molecule has 0 radical (unpaired) electrons. The fourth-order valence-corrected chi connectivity index (χ4v) is 3.57. The molecule has 1 aliphatic heterocycles. The van der Waals surface area contributed by atoms with Crippen LogP contribution in [0.1, 0.15) is 24.0 Å². The van der Waals surface area contributed by atoms with Gasteiger partial charge >= 0.3 is 0 Å². The fraction of sp³-hybridized carbons (Fsp3) is 0.471. The van der Waals surface area contributed by atoms with E-state index in [1.54, 1.807) is 5.51 Å². The van der Waals surface area contributed by atoms with Crippen LogP contribution >= 0.6 is 11.3 Å². The largest absolute Gasteiger partial charge is 0.299 e. The summed E-state index contributed by atoms with van der Waals surface area (Å²) < 4.78 is 0. The van der Waals surface area contributed by atoms with Crippen LogP contribution in [0.4, 0.5) is 5.13 Å². The molecule has 1 N–H and O–H groups in total. The molecular formula is C17H22N4OS. The minimum atomic E-state index is -0.00210. The zero-order valence-corrected chi connectivity index (χ0v) is 14.2. The van der Waals surface area contributed by atoms with E-state index in [9.17, 15) is 4.79 Å². The summed E-state index contributed by atoms with van der Waals surface area (Å²) in [6.45, 7) is 4.53. The van der Waals surface area contributed by atoms with Crippen LogP contribution in [0.2, 0.25) is 0 Å². The number of aryl methyl sites for hydroxylation is 1. The minimum Gasteiger partial charge on any atom is -0.299 e. The summed E-state index contributed by atoms with van der Waals surface area (Å²) in [5.74, 6) is 0.624. The summed E-state index contributed by atoms with van der Waals surface area (Å²) in [4.78, 5) is 14.3. The lowest BCUT2D eigenvalue weighted by Gasteiger charge is -2.32. The zero-order chi connectivity index (χ0) is 16.1. The third-order valence-corrected chi connectivity index (χ3v) is 4.83. The maximum Gasteiger partial charge on any atom is 0.240 e. The topological polar surface area (TPSA) is 58.1 Å². The van der Waals surface area contributed by atoms with Crippen molar-refractivity contribution in [2.45, 2.75) is 26.2 Å². The molecule has 5 nitrogen and oxygen atoms in total. The van der Waals surface area contributed by atoms with Crippen LogP contribution in [0, 0.1) is 12.8 Å². The van der Waals surface area contributed by atoms with Gasteiger partial charge in [0.1, 0.15) is 5.51 Å². The Morgan fingerprint density at radius 3 is 2.96 bits per heavy atom. The number of anilines is 1. The van der Waals surface area contributed by atoms with E-state index in [4.69, 9.17) is 0 Å². The number of benzene rings is 1. The van der Waals surface area contributed by atoms with Crippen LogP contribution in [0.5, 0.6) is 0 Å². The number of hydrogen-bond acceptors (Lipinski definition) is 5. The third-order valence-electron chi connectivity index (χ3n) is 4.22. The number of carbonyl (C=O) groups excluding carboxylic acids is 1. The zero-order valence-electron chi connectivity index (χ0n) is 13.4. The average Bonchev–Trinajstić information content (AvgIpc) is 3.03. The van der Waals surface area contributed by atoms with E-state index < -0.39 is 0 Å². The molecule has 23 heavy (non-hydrogen) atoms. The molecule has 3 rings (SSSR count). The van der Waals surface area contributed by atoms with Gasteiger partial charge in [0, 0.05) is 6.54 Å². The normalized spacial score (nSPS) is 18.7. The number of amides is 1. The van der Waals surface area contributed by atoms with E-state index in [0.29, 0.717) is 17.6 Å². The van der Waals surface area contributed by atoms with Crippen molar-refractivity contribution < 1.29 is 4.79 Å². The molecule has 1 aliphatic rings. The molecule has 0 spiro atoms. The molecule has 1 aromatic heterocycles. The Morgan fingerprint density at radius 2 is 2.22 bits per heavy atom. The Balaban J connectivity index is 1.49. The number of carbonyl (C=O) groups is 1. The maximum absolute atomic E-state index is 12.1. The quantitative estimate of drug-likeness (QED) is 0.916. The number of nitrogens with one attached hydrogen (secondary N) is 1. The first-order chi connectivity index (χ1) is 11.2. The lowest BCUT2D eigenvalue weighted by atomic mass is 9.91. The summed E-state index contributed by atoms with van der Waals surface area (Å²) in [6, 6.07) is 8.78. The molecule has 1 saturated heterocycles. The summed E-state index contributed by atoms with van der Waals surface area (Å²) in [7, 11) is 0. The average molecular weight is 330 g/mol. The van der Waals surface area contributed by atoms with Crippen molar-refractivity contribution in [3.63, 3.8) is 0 Å². The highest BCUT2D eigenvalue weighted by atomic mass is 32.1. The Hall–Kier alpha value is -1.79. The van der Waals surface area contributed by atoms with Crippen LogP contribution < -0.4 is 5.32 Å². The molecular weight excluding hydrogens is 308 g/mol. The van der Waals surface area contributed by atoms with Gasteiger partial charge in [-0.1, -0.05) is 41.2 Å². The fourth-order valence-electron chi connectivity index (χ4n) is 3.11. The van der Waals surface area contributed by atoms with Gasteiger partial charge in [0.2, 0.25) is 11.0 Å². The van der Waals surface area contributed by atoms with Crippen molar-refractivity contribution in [3.05, 3.63) is 40.9 Å². The smallest absolute Gasteiger partial charge is 0.240 e. The number of rotatable bonds is 5. The van der Waals surface area contributed by atoms with Gasteiger partial charge in [-0.05, 0) is 44.2 Å². The lowest BCUT2D eigenvalue weighted by Crippen LogP contribution is -2.41. The highest BCUT2D eigenvalue weighted by Gasteiger charge is 2.22. The van der Waals surface area contributed by atoms with Crippen molar-refractivity contribution in [1.29, 1.82) is 0 Å². The number of piperidine rings is 1. The Labute approximate surface area is 140 Å². The molecule has 122 valence electrons. The first kappa shape index (κ1) is 16.1. The molecule has 0 bridgehead atoms. The lowest BCUT2D eigenvalue weighted by molar-refractivity contribution is -0.117. The van der Waals surface area contributed by atoms with Gasteiger partial charge in [0.15, 0.2) is 0 Å². The van der Waals surface area contributed by atoms with E-state index >= 15 is 0 Å². The Bertz CT molecular complexity index is 627. The molecule has 0 unspecified atom stereocenters. The first-order valence-corrected chi connectivity index (χ1v) is 8.91. The second kappa shape index (κ2) is 7.66. The summed E-state index contributed by atoms with van der Waals surface area (Å²) in [5, 5.41) is 10.9. The van der Waals surface area contributed by atoms with Gasteiger partial charge in [-0.2, -0.15) is 0 Å². The summed E-state index contributed by atoms with van der Waals surface area (Å²) in [5.41, 5.74) is 4.31. The van der Waals surface area contributed by atoms with E-state index in [2.05, 4.69) is 51.6 Å². The van der Waals surface area contributed by atoms with E-state index in [-0.39, 0.29) is 5.91 Å².